The summed E-state index contributed by atoms with van der Waals surface area (Å²) in [5.74, 6) is 1.12. The zero-order chi connectivity index (χ0) is 21.1. The summed E-state index contributed by atoms with van der Waals surface area (Å²) in [6.07, 6.45) is -2.66. The van der Waals surface area contributed by atoms with Crippen molar-refractivity contribution in [1.29, 1.82) is 0 Å². The number of hydrogen-bond acceptors (Lipinski definition) is 4. The molecule has 0 aliphatic carbocycles. The van der Waals surface area contributed by atoms with Gasteiger partial charge >= 0.3 is 6.18 Å². The van der Waals surface area contributed by atoms with E-state index in [1.165, 1.54) is 23.9 Å². The number of hydrogen-bond donors (Lipinski definition) is 0. The van der Waals surface area contributed by atoms with E-state index in [1.54, 1.807) is 19.4 Å². The number of rotatable bonds is 6. The molecule has 4 rings (SSSR count). The van der Waals surface area contributed by atoms with E-state index in [-0.39, 0.29) is 0 Å². The highest BCUT2D eigenvalue weighted by Gasteiger charge is 2.30. The fraction of sp³-hybridized carbons (Fsp3) is 0.182. The number of pyridine rings is 1. The van der Waals surface area contributed by atoms with Gasteiger partial charge in [-0.25, -0.2) is 9.97 Å². The van der Waals surface area contributed by atoms with E-state index in [1.807, 2.05) is 41.0 Å². The molecule has 2 aromatic carbocycles. The number of fused-ring (bicyclic) bond motifs is 1. The Bertz CT molecular complexity index is 1170. The van der Waals surface area contributed by atoms with Gasteiger partial charge in [-0.2, -0.15) is 13.2 Å². The molecule has 0 spiro atoms. The maximum absolute atomic E-state index is 13.0. The van der Waals surface area contributed by atoms with Crippen LogP contribution in [0.2, 0.25) is 0 Å². The normalized spacial score (nSPS) is 11.7. The van der Waals surface area contributed by atoms with Crippen LogP contribution in [0.4, 0.5) is 13.2 Å². The third-order valence-electron chi connectivity index (χ3n) is 4.57. The summed E-state index contributed by atoms with van der Waals surface area (Å²) in [5, 5.41) is 0.698. The SMILES string of the molecule is COc1cccc(Cn2c(SCc3cccc(C(F)(F)F)c3)nc3cccnc32)c1. The largest absolute Gasteiger partial charge is 0.497 e. The number of benzene rings is 2. The molecular weight excluding hydrogens is 411 g/mol. The zero-order valence-corrected chi connectivity index (χ0v) is 16.9. The van der Waals surface area contributed by atoms with Crippen molar-refractivity contribution >= 4 is 22.9 Å². The molecule has 0 aliphatic heterocycles. The van der Waals surface area contributed by atoms with Crippen molar-refractivity contribution in [2.45, 2.75) is 23.6 Å². The average molecular weight is 429 g/mol. The molecule has 0 saturated heterocycles. The summed E-state index contributed by atoms with van der Waals surface area (Å²) in [6, 6.07) is 16.8. The highest BCUT2D eigenvalue weighted by atomic mass is 32.2. The zero-order valence-electron chi connectivity index (χ0n) is 16.1. The summed E-state index contributed by atoms with van der Waals surface area (Å²) in [4.78, 5) is 9.10. The molecule has 0 atom stereocenters. The van der Waals surface area contributed by atoms with Gasteiger partial charge in [-0.3, -0.25) is 4.57 Å². The third kappa shape index (κ3) is 4.43. The Morgan fingerprint density at radius 2 is 1.80 bits per heavy atom. The van der Waals surface area contributed by atoms with Crippen LogP contribution in [-0.2, 0) is 18.5 Å². The molecule has 4 nitrogen and oxygen atoms in total. The van der Waals surface area contributed by atoms with Gasteiger partial charge in [0.1, 0.15) is 11.3 Å². The molecule has 154 valence electrons. The van der Waals surface area contributed by atoms with Gasteiger partial charge in [-0.05, 0) is 41.5 Å². The van der Waals surface area contributed by atoms with Crippen molar-refractivity contribution in [3.63, 3.8) is 0 Å². The summed E-state index contributed by atoms with van der Waals surface area (Å²) in [5.41, 5.74) is 2.42. The van der Waals surface area contributed by atoms with E-state index in [2.05, 4.69) is 9.97 Å². The van der Waals surface area contributed by atoms with Crippen LogP contribution in [0.5, 0.6) is 5.75 Å². The van der Waals surface area contributed by atoms with E-state index in [9.17, 15) is 13.2 Å². The standard InChI is InChI=1S/C22H18F3N3OS/c1-29-18-8-3-5-15(12-18)13-28-20-19(9-4-10-26-20)27-21(28)30-14-16-6-2-7-17(11-16)22(23,24)25/h2-12H,13-14H2,1H3. The second-order valence-electron chi connectivity index (χ2n) is 6.66. The Balaban J connectivity index is 1.63. The first-order chi connectivity index (χ1) is 14.4. The molecule has 0 unspecified atom stereocenters. The Morgan fingerprint density at radius 1 is 1.00 bits per heavy atom. The van der Waals surface area contributed by atoms with Crippen molar-refractivity contribution in [2.24, 2.45) is 0 Å². The maximum Gasteiger partial charge on any atom is 0.416 e. The minimum Gasteiger partial charge on any atom is -0.497 e. The van der Waals surface area contributed by atoms with Crippen LogP contribution in [0.15, 0.2) is 72.0 Å². The lowest BCUT2D eigenvalue weighted by molar-refractivity contribution is -0.137. The van der Waals surface area contributed by atoms with Crippen LogP contribution in [0.1, 0.15) is 16.7 Å². The number of imidazole rings is 1. The molecule has 8 heteroatoms. The molecule has 0 fully saturated rings. The van der Waals surface area contributed by atoms with E-state index < -0.39 is 11.7 Å². The number of nitrogens with zero attached hydrogens (tertiary/aromatic N) is 3. The lowest BCUT2D eigenvalue weighted by Crippen LogP contribution is -2.05. The smallest absolute Gasteiger partial charge is 0.416 e. The highest BCUT2D eigenvalue weighted by molar-refractivity contribution is 7.98. The van der Waals surface area contributed by atoms with Gasteiger partial charge in [0, 0.05) is 11.9 Å². The topological polar surface area (TPSA) is 39.9 Å². The molecule has 0 saturated carbocycles. The Morgan fingerprint density at radius 3 is 2.60 bits per heavy atom. The molecule has 0 aliphatic rings. The van der Waals surface area contributed by atoms with Crippen LogP contribution in [-0.4, -0.2) is 21.6 Å². The van der Waals surface area contributed by atoms with Gasteiger partial charge in [-0.15, -0.1) is 0 Å². The molecule has 0 bridgehead atoms. The molecule has 0 radical (unpaired) electrons. The minimum absolute atomic E-state index is 0.366. The maximum atomic E-state index is 13.0. The van der Waals surface area contributed by atoms with Gasteiger partial charge < -0.3 is 4.74 Å². The van der Waals surface area contributed by atoms with Gasteiger partial charge in [-0.1, -0.05) is 42.1 Å². The molecule has 0 amide bonds. The van der Waals surface area contributed by atoms with E-state index >= 15 is 0 Å². The summed E-state index contributed by atoms with van der Waals surface area (Å²) < 4.78 is 46.3. The molecule has 0 N–H and O–H groups in total. The number of halogens is 3. The van der Waals surface area contributed by atoms with Crippen molar-refractivity contribution < 1.29 is 17.9 Å². The number of aromatic nitrogens is 3. The van der Waals surface area contributed by atoms with Crippen LogP contribution in [0, 0.1) is 0 Å². The number of methoxy groups -OCH3 is 1. The van der Waals surface area contributed by atoms with E-state index in [0.29, 0.717) is 23.0 Å². The fourth-order valence-electron chi connectivity index (χ4n) is 3.13. The van der Waals surface area contributed by atoms with Crippen LogP contribution in [0.3, 0.4) is 0 Å². The fourth-order valence-corrected chi connectivity index (χ4v) is 4.07. The Hall–Kier alpha value is -3.00. The van der Waals surface area contributed by atoms with E-state index in [0.717, 1.165) is 28.5 Å². The third-order valence-corrected chi connectivity index (χ3v) is 5.61. The predicted octanol–water partition coefficient (Wildman–Crippen LogP) is 5.80. The van der Waals surface area contributed by atoms with Crippen LogP contribution >= 0.6 is 11.8 Å². The summed E-state index contributed by atoms with van der Waals surface area (Å²) >= 11 is 1.39. The first-order valence-corrected chi connectivity index (χ1v) is 10.2. The Labute approximate surface area is 175 Å². The first kappa shape index (κ1) is 20.3. The van der Waals surface area contributed by atoms with Gasteiger partial charge in [0.25, 0.3) is 0 Å². The number of thioether (sulfide) groups is 1. The van der Waals surface area contributed by atoms with Gasteiger partial charge in [0.15, 0.2) is 10.8 Å². The second-order valence-corrected chi connectivity index (χ2v) is 7.61. The van der Waals surface area contributed by atoms with Crippen molar-refractivity contribution in [1.82, 2.24) is 14.5 Å². The summed E-state index contributed by atoms with van der Waals surface area (Å²) in [7, 11) is 1.61. The minimum atomic E-state index is -4.36. The molecule has 30 heavy (non-hydrogen) atoms. The molecule has 2 aromatic heterocycles. The average Bonchev–Trinajstić information content (AvgIpc) is 3.09. The van der Waals surface area contributed by atoms with Crippen LogP contribution in [0.25, 0.3) is 11.2 Å². The summed E-state index contributed by atoms with van der Waals surface area (Å²) in [6.45, 7) is 0.523. The van der Waals surface area contributed by atoms with Crippen molar-refractivity contribution in [3.05, 3.63) is 83.6 Å². The lowest BCUT2D eigenvalue weighted by Gasteiger charge is -2.11. The number of alkyl halides is 3. The van der Waals surface area contributed by atoms with E-state index in [4.69, 9.17) is 4.74 Å². The second kappa shape index (κ2) is 8.39. The Kier molecular flexibility index (Phi) is 5.67. The molecule has 2 heterocycles. The molecular formula is C22H18F3N3OS. The number of ether oxygens (including phenoxy) is 1. The first-order valence-electron chi connectivity index (χ1n) is 9.17. The lowest BCUT2D eigenvalue weighted by atomic mass is 10.1. The van der Waals surface area contributed by atoms with Crippen molar-refractivity contribution in [2.75, 3.05) is 7.11 Å². The van der Waals surface area contributed by atoms with Crippen LogP contribution < -0.4 is 4.74 Å². The van der Waals surface area contributed by atoms with Gasteiger partial charge in [0.05, 0.1) is 19.2 Å². The molecule has 4 aromatic rings. The highest BCUT2D eigenvalue weighted by Crippen LogP contribution is 2.32. The van der Waals surface area contributed by atoms with Gasteiger partial charge in [0.2, 0.25) is 0 Å². The quantitative estimate of drug-likeness (QED) is 0.363. The monoisotopic (exact) mass is 429 g/mol. The predicted molar refractivity (Wildman–Crippen MR) is 111 cm³/mol. The van der Waals surface area contributed by atoms with Crippen molar-refractivity contribution in [3.8, 4) is 5.75 Å².